The van der Waals surface area contributed by atoms with E-state index in [9.17, 15) is 13.9 Å². The van der Waals surface area contributed by atoms with E-state index in [1.54, 1.807) is 12.1 Å². The van der Waals surface area contributed by atoms with Crippen LogP contribution in [0.25, 0.3) is 0 Å². The SMILES string of the molecule is CC1(c2cccc(O)c2)NCCCC1(F)F.Cl. The number of rotatable bonds is 1. The van der Waals surface area contributed by atoms with Crippen molar-refractivity contribution in [1.82, 2.24) is 5.32 Å². The number of halogens is 3. The summed E-state index contributed by atoms with van der Waals surface area (Å²) in [5, 5.41) is 12.2. The molecule has 2 rings (SSSR count). The van der Waals surface area contributed by atoms with Gasteiger partial charge in [0.1, 0.15) is 11.3 Å². The first kappa shape index (κ1) is 14.2. The zero-order valence-electron chi connectivity index (χ0n) is 9.54. The van der Waals surface area contributed by atoms with Gasteiger partial charge in [0.05, 0.1) is 0 Å². The third-order valence-electron chi connectivity index (χ3n) is 3.30. The van der Waals surface area contributed by atoms with Gasteiger partial charge in [0, 0.05) is 6.42 Å². The van der Waals surface area contributed by atoms with Crippen LogP contribution in [0.15, 0.2) is 24.3 Å². The van der Waals surface area contributed by atoms with E-state index in [1.807, 2.05) is 0 Å². The Balaban J connectivity index is 0.00000144. The maximum Gasteiger partial charge on any atom is 0.269 e. The lowest BCUT2D eigenvalue weighted by Crippen LogP contribution is -2.57. The van der Waals surface area contributed by atoms with Crippen molar-refractivity contribution in [3.05, 3.63) is 29.8 Å². The molecule has 2 nitrogen and oxygen atoms in total. The number of benzene rings is 1. The molecular formula is C12H16ClF2NO. The third kappa shape index (κ3) is 2.38. The average molecular weight is 264 g/mol. The highest BCUT2D eigenvalue weighted by Gasteiger charge is 2.52. The van der Waals surface area contributed by atoms with Crippen molar-refractivity contribution in [3.63, 3.8) is 0 Å². The molecular weight excluding hydrogens is 248 g/mol. The van der Waals surface area contributed by atoms with Crippen LogP contribution in [0.1, 0.15) is 25.3 Å². The fourth-order valence-corrected chi connectivity index (χ4v) is 2.16. The van der Waals surface area contributed by atoms with Crippen molar-refractivity contribution >= 4 is 12.4 Å². The Kier molecular flexibility index (Phi) is 3.99. The zero-order valence-corrected chi connectivity index (χ0v) is 10.4. The molecule has 1 heterocycles. The molecule has 0 spiro atoms. The van der Waals surface area contributed by atoms with Crippen LogP contribution < -0.4 is 5.32 Å². The van der Waals surface area contributed by atoms with Crippen molar-refractivity contribution in [2.45, 2.75) is 31.2 Å². The predicted octanol–water partition coefficient (Wildman–Crippen LogP) is 3.05. The fourth-order valence-electron chi connectivity index (χ4n) is 2.16. The van der Waals surface area contributed by atoms with Gasteiger partial charge >= 0.3 is 0 Å². The van der Waals surface area contributed by atoms with Crippen LogP contribution >= 0.6 is 12.4 Å². The molecule has 1 aromatic rings. The van der Waals surface area contributed by atoms with E-state index in [0.29, 0.717) is 18.5 Å². The number of alkyl halides is 2. The summed E-state index contributed by atoms with van der Waals surface area (Å²) in [5.74, 6) is -2.78. The minimum Gasteiger partial charge on any atom is -0.508 e. The molecule has 0 aliphatic carbocycles. The second kappa shape index (κ2) is 4.78. The number of piperidine rings is 1. The Labute approximate surface area is 105 Å². The van der Waals surface area contributed by atoms with Gasteiger partial charge in [0.2, 0.25) is 0 Å². The molecule has 1 aromatic carbocycles. The van der Waals surface area contributed by atoms with Crippen molar-refractivity contribution in [2.75, 3.05) is 6.54 Å². The monoisotopic (exact) mass is 263 g/mol. The summed E-state index contributed by atoms with van der Waals surface area (Å²) < 4.78 is 27.9. The average Bonchev–Trinajstić information content (AvgIpc) is 2.22. The molecule has 1 unspecified atom stereocenters. The minimum atomic E-state index is -2.79. The molecule has 0 amide bonds. The fraction of sp³-hybridized carbons (Fsp3) is 0.500. The Morgan fingerprint density at radius 3 is 2.65 bits per heavy atom. The Hall–Kier alpha value is -0.870. The highest BCUT2D eigenvalue weighted by atomic mass is 35.5. The molecule has 0 bridgehead atoms. The summed E-state index contributed by atoms with van der Waals surface area (Å²) in [6, 6.07) is 6.08. The first-order valence-corrected chi connectivity index (χ1v) is 5.38. The largest absolute Gasteiger partial charge is 0.508 e. The van der Waals surface area contributed by atoms with E-state index in [2.05, 4.69) is 5.32 Å². The lowest BCUT2D eigenvalue weighted by atomic mass is 9.80. The number of phenolic OH excluding ortho intramolecular Hbond substituents is 1. The van der Waals surface area contributed by atoms with Crippen LogP contribution in [0.2, 0.25) is 0 Å². The molecule has 0 saturated carbocycles. The smallest absolute Gasteiger partial charge is 0.269 e. The van der Waals surface area contributed by atoms with Gasteiger partial charge in [-0.1, -0.05) is 12.1 Å². The molecule has 17 heavy (non-hydrogen) atoms. The lowest BCUT2D eigenvalue weighted by Gasteiger charge is -2.42. The van der Waals surface area contributed by atoms with Gasteiger partial charge < -0.3 is 10.4 Å². The topological polar surface area (TPSA) is 32.3 Å². The van der Waals surface area contributed by atoms with Crippen LogP contribution in [0, 0.1) is 0 Å². The number of aromatic hydroxyl groups is 1. The van der Waals surface area contributed by atoms with Crippen molar-refractivity contribution in [2.24, 2.45) is 0 Å². The first-order chi connectivity index (χ1) is 7.46. The molecule has 2 N–H and O–H groups in total. The van der Waals surface area contributed by atoms with Gasteiger partial charge in [-0.3, -0.25) is 0 Å². The Morgan fingerprint density at radius 2 is 2.06 bits per heavy atom. The zero-order chi connectivity index (χ0) is 11.8. The van der Waals surface area contributed by atoms with Crippen LogP contribution in [0.5, 0.6) is 5.75 Å². The van der Waals surface area contributed by atoms with Gasteiger partial charge in [-0.05, 0) is 37.6 Å². The van der Waals surface area contributed by atoms with Crippen LogP contribution in [-0.2, 0) is 5.54 Å². The van der Waals surface area contributed by atoms with Crippen molar-refractivity contribution in [1.29, 1.82) is 0 Å². The molecule has 96 valence electrons. The molecule has 5 heteroatoms. The quantitative estimate of drug-likeness (QED) is 0.816. The van der Waals surface area contributed by atoms with Crippen molar-refractivity contribution in [3.8, 4) is 5.75 Å². The van der Waals surface area contributed by atoms with E-state index in [0.717, 1.165) is 0 Å². The highest BCUT2D eigenvalue weighted by Crippen LogP contribution is 2.43. The number of nitrogens with one attached hydrogen (secondary N) is 1. The second-order valence-electron chi connectivity index (χ2n) is 4.41. The number of hydrogen-bond acceptors (Lipinski definition) is 2. The summed E-state index contributed by atoms with van der Waals surface area (Å²) in [6.45, 7) is 2.06. The molecule has 1 atom stereocenters. The summed E-state index contributed by atoms with van der Waals surface area (Å²) in [4.78, 5) is 0. The van der Waals surface area contributed by atoms with E-state index in [-0.39, 0.29) is 24.6 Å². The van der Waals surface area contributed by atoms with Gasteiger partial charge in [-0.25, -0.2) is 8.78 Å². The molecule has 1 aliphatic rings. The lowest BCUT2D eigenvalue weighted by molar-refractivity contribution is -0.110. The van der Waals surface area contributed by atoms with Crippen LogP contribution in [0.4, 0.5) is 8.78 Å². The predicted molar refractivity (Wildman–Crippen MR) is 64.9 cm³/mol. The second-order valence-corrected chi connectivity index (χ2v) is 4.41. The van der Waals surface area contributed by atoms with E-state index >= 15 is 0 Å². The summed E-state index contributed by atoms with van der Waals surface area (Å²) in [7, 11) is 0. The van der Waals surface area contributed by atoms with Gasteiger partial charge in [-0.15, -0.1) is 12.4 Å². The van der Waals surface area contributed by atoms with E-state index in [4.69, 9.17) is 0 Å². The molecule has 0 aromatic heterocycles. The summed E-state index contributed by atoms with van der Waals surface area (Å²) in [5.41, 5.74) is -0.957. The van der Waals surface area contributed by atoms with E-state index < -0.39 is 11.5 Å². The number of phenols is 1. The van der Waals surface area contributed by atoms with E-state index in [1.165, 1.54) is 19.1 Å². The minimum absolute atomic E-state index is 0. The van der Waals surface area contributed by atoms with Crippen LogP contribution in [0.3, 0.4) is 0 Å². The van der Waals surface area contributed by atoms with Gasteiger partial charge in [0.25, 0.3) is 5.92 Å². The first-order valence-electron chi connectivity index (χ1n) is 5.38. The maximum atomic E-state index is 13.9. The number of hydrogen-bond donors (Lipinski definition) is 2. The summed E-state index contributed by atoms with van der Waals surface area (Å²) in [6.07, 6.45) is 0.355. The molecule has 1 aliphatic heterocycles. The van der Waals surface area contributed by atoms with Crippen LogP contribution in [-0.4, -0.2) is 17.6 Å². The third-order valence-corrected chi connectivity index (χ3v) is 3.30. The molecule has 1 fully saturated rings. The summed E-state index contributed by atoms with van der Waals surface area (Å²) >= 11 is 0. The maximum absolute atomic E-state index is 13.9. The Bertz CT molecular complexity index is 400. The molecule has 0 radical (unpaired) electrons. The standard InChI is InChI=1S/C12H15F2NO.ClH/c1-11(9-4-2-5-10(16)8-9)12(13,14)6-3-7-15-11;/h2,4-5,8,15-16H,3,6-7H2,1H3;1H. The highest BCUT2D eigenvalue weighted by molar-refractivity contribution is 5.85. The van der Waals surface area contributed by atoms with Gasteiger partial charge in [-0.2, -0.15) is 0 Å². The van der Waals surface area contributed by atoms with Crippen molar-refractivity contribution < 1.29 is 13.9 Å². The molecule has 1 saturated heterocycles. The Morgan fingerprint density at radius 1 is 1.35 bits per heavy atom. The normalized spacial score (nSPS) is 27.2. The van der Waals surface area contributed by atoms with Gasteiger partial charge in [0.15, 0.2) is 0 Å².